The Kier molecular flexibility index (Phi) is 5.77. The average Bonchev–Trinajstić information content (AvgIpc) is 3.17. The Morgan fingerprint density at radius 3 is 2.77 bits per heavy atom. The summed E-state index contributed by atoms with van der Waals surface area (Å²) in [7, 11) is 0. The monoisotopic (exact) mass is 419 g/mol. The number of aromatic amines is 1. The second-order valence-corrected chi connectivity index (χ2v) is 9.10. The molecule has 1 amide bonds. The van der Waals surface area contributed by atoms with Gasteiger partial charge in [-0.3, -0.25) is 9.69 Å². The lowest BCUT2D eigenvalue weighted by molar-refractivity contribution is -0.123. The van der Waals surface area contributed by atoms with Gasteiger partial charge in [0.1, 0.15) is 5.82 Å². The summed E-state index contributed by atoms with van der Waals surface area (Å²) < 4.78 is 13.4. The van der Waals surface area contributed by atoms with E-state index in [1.165, 1.54) is 17.0 Å². The molecule has 2 N–H and O–H groups in total. The number of piperidine rings is 1. The van der Waals surface area contributed by atoms with Gasteiger partial charge in [0, 0.05) is 29.7 Å². The third-order valence-corrected chi connectivity index (χ3v) is 7.00. The lowest BCUT2D eigenvalue weighted by Gasteiger charge is -2.32. The highest BCUT2D eigenvalue weighted by atomic mass is 19.1. The van der Waals surface area contributed by atoms with Gasteiger partial charge in [0.2, 0.25) is 5.91 Å². The summed E-state index contributed by atoms with van der Waals surface area (Å²) >= 11 is 0. The van der Waals surface area contributed by atoms with Crippen LogP contribution < -0.4 is 5.32 Å². The van der Waals surface area contributed by atoms with Crippen molar-refractivity contribution in [3.8, 4) is 0 Å². The summed E-state index contributed by atoms with van der Waals surface area (Å²) in [5.41, 5.74) is 4.61. The fraction of sp³-hybridized carbons (Fsp3) is 0.423. The zero-order chi connectivity index (χ0) is 21.2. The summed E-state index contributed by atoms with van der Waals surface area (Å²) in [6, 6.07) is 15.2. The number of hydrogen-bond acceptors (Lipinski definition) is 2. The molecule has 2 heterocycles. The first-order chi connectivity index (χ1) is 15.2. The number of H-pyrrole nitrogens is 1. The van der Waals surface area contributed by atoms with Crippen LogP contribution in [0.5, 0.6) is 0 Å². The SMILES string of the molecule is O=C(NCC1CCN(Cc2cccc(F)c2)CC1)C1CCCc2c1[nH]c1ccccc21. The topological polar surface area (TPSA) is 48.1 Å². The van der Waals surface area contributed by atoms with Gasteiger partial charge in [-0.2, -0.15) is 0 Å². The van der Waals surface area contributed by atoms with E-state index in [4.69, 9.17) is 0 Å². The molecule has 2 aromatic carbocycles. The van der Waals surface area contributed by atoms with E-state index in [0.29, 0.717) is 5.92 Å². The Morgan fingerprint density at radius 2 is 1.94 bits per heavy atom. The average molecular weight is 420 g/mol. The predicted octanol–water partition coefficient (Wildman–Crippen LogP) is 4.76. The number of para-hydroxylation sites is 1. The van der Waals surface area contributed by atoms with Gasteiger partial charge in [-0.1, -0.05) is 30.3 Å². The molecule has 0 radical (unpaired) electrons. The third-order valence-electron chi connectivity index (χ3n) is 7.00. The van der Waals surface area contributed by atoms with Gasteiger partial charge in [0.25, 0.3) is 0 Å². The number of carbonyl (C=O) groups excluding carboxylic acids is 1. The molecular formula is C26H30FN3O. The van der Waals surface area contributed by atoms with Crippen LogP contribution in [0.2, 0.25) is 0 Å². The molecule has 1 atom stereocenters. The zero-order valence-corrected chi connectivity index (χ0v) is 17.9. The number of likely N-dealkylation sites (tertiary alicyclic amines) is 1. The van der Waals surface area contributed by atoms with Gasteiger partial charge in [0.15, 0.2) is 0 Å². The van der Waals surface area contributed by atoms with Crippen LogP contribution in [0.25, 0.3) is 10.9 Å². The predicted molar refractivity (Wildman–Crippen MR) is 121 cm³/mol. The van der Waals surface area contributed by atoms with E-state index in [1.807, 2.05) is 12.1 Å². The molecule has 1 aliphatic heterocycles. The fourth-order valence-corrected chi connectivity index (χ4v) is 5.29. The van der Waals surface area contributed by atoms with Gasteiger partial charge >= 0.3 is 0 Å². The van der Waals surface area contributed by atoms with Crippen LogP contribution in [0, 0.1) is 11.7 Å². The Hall–Kier alpha value is -2.66. The normalized spacial score (nSPS) is 20.0. The smallest absolute Gasteiger partial charge is 0.229 e. The number of amides is 1. The lowest BCUT2D eigenvalue weighted by Crippen LogP contribution is -2.40. The number of nitrogens with zero attached hydrogens (tertiary/aromatic N) is 1. The van der Waals surface area contributed by atoms with Crippen molar-refractivity contribution in [3.05, 3.63) is 71.2 Å². The van der Waals surface area contributed by atoms with E-state index in [1.54, 1.807) is 12.1 Å². The number of aromatic nitrogens is 1. The Morgan fingerprint density at radius 1 is 1.10 bits per heavy atom. The zero-order valence-electron chi connectivity index (χ0n) is 17.9. The van der Waals surface area contributed by atoms with Crippen LogP contribution in [0.1, 0.15) is 48.4 Å². The molecular weight excluding hydrogens is 389 g/mol. The quantitative estimate of drug-likeness (QED) is 0.627. The molecule has 1 aromatic heterocycles. The number of aryl methyl sites for hydroxylation is 1. The Labute approximate surface area is 182 Å². The molecule has 31 heavy (non-hydrogen) atoms. The van der Waals surface area contributed by atoms with E-state index in [9.17, 15) is 9.18 Å². The minimum absolute atomic E-state index is 0.0655. The van der Waals surface area contributed by atoms with E-state index >= 15 is 0 Å². The molecule has 1 aliphatic carbocycles. The Bertz CT molecular complexity index is 1070. The van der Waals surface area contributed by atoms with Crippen LogP contribution in [0.4, 0.5) is 4.39 Å². The van der Waals surface area contributed by atoms with Crippen molar-refractivity contribution >= 4 is 16.8 Å². The van der Waals surface area contributed by atoms with Crippen LogP contribution in [0.15, 0.2) is 48.5 Å². The number of benzene rings is 2. The molecule has 0 saturated carbocycles. The van der Waals surface area contributed by atoms with Crippen molar-refractivity contribution in [2.24, 2.45) is 5.92 Å². The summed E-state index contributed by atoms with van der Waals surface area (Å²) in [5.74, 6) is 0.438. The minimum atomic E-state index is -0.170. The maximum Gasteiger partial charge on any atom is 0.229 e. The fourth-order valence-electron chi connectivity index (χ4n) is 5.29. The molecule has 5 heteroatoms. The first-order valence-corrected chi connectivity index (χ1v) is 11.5. The van der Waals surface area contributed by atoms with Crippen molar-refractivity contribution in [3.63, 3.8) is 0 Å². The Balaban J connectivity index is 1.14. The number of rotatable bonds is 5. The van der Waals surface area contributed by atoms with Gasteiger partial charge in [0.05, 0.1) is 5.92 Å². The van der Waals surface area contributed by atoms with Crippen LogP contribution in [-0.4, -0.2) is 35.4 Å². The highest BCUT2D eigenvalue weighted by molar-refractivity contribution is 5.90. The molecule has 5 rings (SSSR count). The molecule has 1 unspecified atom stereocenters. The van der Waals surface area contributed by atoms with Crippen LogP contribution in [-0.2, 0) is 17.8 Å². The highest BCUT2D eigenvalue weighted by Crippen LogP contribution is 2.36. The maximum absolute atomic E-state index is 13.4. The highest BCUT2D eigenvalue weighted by Gasteiger charge is 2.30. The van der Waals surface area contributed by atoms with E-state index < -0.39 is 0 Å². The lowest BCUT2D eigenvalue weighted by atomic mass is 9.86. The largest absolute Gasteiger partial charge is 0.357 e. The molecule has 1 fully saturated rings. The van der Waals surface area contributed by atoms with Gasteiger partial charge in [-0.15, -0.1) is 0 Å². The molecule has 0 spiro atoms. The van der Waals surface area contributed by atoms with Gasteiger partial charge in [-0.25, -0.2) is 4.39 Å². The molecule has 1 saturated heterocycles. The van der Waals surface area contributed by atoms with E-state index in [-0.39, 0.29) is 17.6 Å². The third kappa shape index (κ3) is 4.38. The van der Waals surface area contributed by atoms with Gasteiger partial charge < -0.3 is 10.3 Å². The summed E-state index contributed by atoms with van der Waals surface area (Å²) in [6.45, 7) is 3.53. The molecule has 162 valence electrons. The number of carbonyl (C=O) groups is 1. The van der Waals surface area contributed by atoms with Crippen molar-refractivity contribution in [1.82, 2.24) is 15.2 Å². The summed E-state index contributed by atoms with van der Waals surface area (Å²) in [4.78, 5) is 18.9. The number of hydrogen-bond donors (Lipinski definition) is 2. The van der Waals surface area contributed by atoms with Gasteiger partial charge in [-0.05, 0) is 80.4 Å². The first-order valence-electron chi connectivity index (χ1n) is 11.5. The van der Waals surface area contributed by atoms with E-state index in [2.05, 4.69) is 33.4 Å². The molecule has 0 bridgehead atoms. The number of nitrogens with one attached hydrogen (secondary N) is 2. The summed E-state index contributed by atoms with van der Waals surface area (Å²) in [6.07, 6.45) is 5.16. The van der Waals surface area contributed by atoms with Crippen molar-refractivity contribution in [1.29, 1.82) is 0 Å². The van der Waals surface area contributed by atoms with E-state index in [0.717, 1.165) is 75.1 Å². The standard InChI is InChI=1S/C26H30FN3O/c27-20-6-3-5-19(15-20)17-30-13-11-18(12-14-30)16-28-26(31)23-9-4-8-22-21-7-1-2-10-24(21)29-25(22)23/h1-3,5-7,10,15,18,23,29H,4,8-9,11-14,16-17H2,(H,28,31). The van der Waals surface area contributed by atoms with Crippen molar-refractivity contribution in [2.75, 3.05) is 19.6 Å². The molecule has 3 aromatic rings. The maximum atomic E-state index is 13.4. The molecule has 4 nitrogen and oxygen atoms in total. The molecule has 2 aliphatic rings. The second kappa shape index (κ2) is 8.83. The summed E-state index contributed by atoms with van der Waals surface area (Å²) in [5, 5.41) is 4.52. The number of fused-ring (bicyclic) bond motifs is 3. The first kappa shape index (κ1) is 20.3. The minimum Gasteiger partial charge on any atom is -0.357 e. The van der Waals surface area contributed by atoms with Crippen molar-refractivity contribution in [2.45, 2.75) is 44.6 Å². The van der Waals surface area contributed by atoms with Crippen LogP contribution in [0.3, 0.4) is 0 Å². The van der Waals surface area contributed by atoms with Crippen molar-refractivity contribution < 1.29 is 9.18 Å². The number of halogens is 1. The second-order valence-electron chi connectivity index (χ2n) is 9.10. The van der Waals surface area contributed by atoms with Crippen LogP contribution >= 0.6 is 0 Å².